The molecule has 0 spiro atoms. The van der Waals surface area contributed by atoms with Crippen molar-refractivity contribution in [2.45, 2.75) is 13.5 Å². The number of aromatic nitrogens is 4. The van der Waals surface area contributed by atoms with E-state index in [1.54, 1.807) is 68.6 Å². The topological polar surface area (TPSA) is 91.2 Å². The fourth-order valence-electron chi connectivity index (χ4n) is 3.11. The summed E-state index contributed by atoms with van der Waals surface area (Å²) in [5, 5.41) is 14.4. The summed E-state index contributed by atoms with van der Waals surface area (Å²) in [7, 11) is 1.55. The van der Waals surface area contributed by atoms with Crippen LogP contribution in [0.1, 0.15) is 21.7 Å². The van der Waals surface area contributed by atoms with Crippen molar-refractivity contribution in [3.05, 3.63) is 89.5 Å². The molecule has 32 heavy (non-hydrogen) atoms. The third-order valence-corrected chi connectivity index (χ3v) is 4.73. The molecule has 1 aromatic heterocycles. The normalized spacial score (nSPS) is 10.6. The lowest BCUT2D eigenvalue weighted by Crippen LogP contribution is -2.14. The van der Waals surface area contributed by atoms with Crippen LogP contribution in [0.15, 0.2) is 66.7 Å². The second kappa shape index (κ2) is 9.25. The Balaban J connectivity index is 1.54. The summed E-state index contributed by atoms with van der Waals surface area (Å²) in [5.41, 5.74) is 2.28. The number of hydrogen-bond acceptors (Lipinski definition) is 6. The molecular formula is C23H20FN5O3. The van der Waals surface area contributed by atoms with Crippen LogP contribution in [0.2, 0.25) is 0 Å². The molecule has 1 N–H and O–H groups in total. The van der Waals surface area contributed by atoms with Crippen LogP contribution in [0.5, 0.6) is 11.5 Å². The van der Waals surface area contributed by atoms with Crippen molar-refractivity contribution in [1.82, 2.24) is 20.2 Å². The fraction of sp³-hybridized carbons (Fsp3) is 0.130. The van der Waals surface area contributed by atoms with Crippen LogP contribution in [-0.4, -0.2) is 33.2 Å². The first-order valence-electron chi connectivity index (χ1n) is 9.76. The molecule has 0 fully saturated rings. The van der Waals surface area contributed by atoms with E-state index in [-0.39, 0.29) is 18.3 Å². The van der Waals surface area contributed by atoms with Crippen molar-refractivity contribution in [2.24, 2.45) is 0 Å². The van der Waals surface area contributed by atoms with Gasteiger partial charge in [0.25, 0.3) is 5.91 Å². The van der Waals surface area contributed by atoms with Gasteiger partial charge in [-0.2, -0.15) is 4.68 Å². The predicted molar refractivity (Wildman–Crippen MR) is 116 cm³/mol. The lowest BCUT2D eigenvalue weighted by Gasteiger charge is -2.14. The van der Waals surface area contributed by atoms with E-state index in [0.717, 1.165) is 5.56 Å². The number of para-hydroxylation sites is 1. The summed E-state index contributed by atoms with van der Waals surface area (Å²) in [5.74, 6) is 0.889. The lowest BCUT2D eigenvalue weighted by molar-refractivity contribution is 0.102. The molecule has 8 nitrogen and oxygen atoms in total. The lowest BCUT2D eigenvalue weighted by atomic mass is 10.1. The third kappa shape index (κ3) is 4.56. The molecule has 0 unspecified atom stereocenters. The second-order valence-electron chi connectivity index (χ2n) is 6.89. The molecule has 0 bridgehead atoms. The number of carbonyl (C=O) groups excluding carboxylic acids is 1. The van der Waals surface area contributed by atoms with Crippen molar-refractivity contribution in [1.29, 1.82) is 0 Å². The summed E-state index contributed by atoms with van der Waals surface area (Å²) < 4.78 is 25.8. The number of methoxy groups -OCH3 is 1. The predicted octanol–water partition coefficient (Wildman–Crippen LogP) is 3.95. The Morgan fingerprint density at radius 1 is 1.06 bits per heavy atom. The zero-order valence-electron chi connectivity index (χ0n) is 17.4. The van der Waals surface area contributed by atoms with Crippen molar-refractivity contribution in [3.8, 4) is 17.2 Å². The largest absolute Gasteiger partial charge is 0.494 e. The molecule has 4 aromatic rings. The van der Waals surface area contributed by atoms with E-state index in [9.17, 15) is 9.18 Å². The number of tetrazole rings is 1. The number of amides is 1. The van der Waals surface area contributed by atoms with Crippen molar-refractivity contribution < 1.29 is 18.7 Å². The highest BCUT2D eigenvalue weighted by atomic mass is 19.1. The first-order valence-corrected chi connectivity index (χ1v) is 9.76. The first kappa shape index (κ1) is 21.0. The highest BCUT2D eigenvalue weighted by molar-refractivity contribution is 6.06. The van der Waals surface area contributed by atoms with Gasteiger partial charge in [0.1, 0.15) is 29.6 Å². The van der Waals surface area contributed by atoms with Gasteiger partial charge in [0.2, 0.25) is 0 Å². The standard InChI is InChI=1S/C23H20FN5O3/c1-15-26-27-28-29(15)20-13-18(11-12-22(20)31-2)25-23(30)19-5-3-4-6-21(19)32-14-16-7-9-17(24)10-8-16/h3-13H,14H2,1-2H3,(H,25,30). The van der Waals surface area contributed by atoms with Gasteiger partial charge in [-0.15, -0.1) is 5.10 Å². The molecule has 162 valence electrons. The van der Waals surface area contributed by atoms with E-state index in [1.807, 2.05) is 0 Å². The van der Waals surface area contributed by atoms with Gasteiger partial charge in [-0.05, 0) is 65.4 Å². The number of rotatable bonds is 7. The maximum absolute atomic E-state index is 13.1. The quantitative estimate of drug-likeness (QED) is 0.475. The van der Waals surface area contributed by atoms with Crippen LogP contribution < -0.4 is 14.8 Å². The average Bonchev–Trinajstić information content (AvgIpc) is 3.24. The Kier molecular flexibility index (Phi) is 6.07. The Hall–Kier alpha value is -4.27. The van der Waals surface area contributed by atoms with Gasteiger partial charge in [0, 0.05) is 5.69 Å². The van der Waals surface area contributed by atoms with Crippen LogP contribution in [0.25, 0.3) is 5.69 Å². The van der Waals surface area contributed by atoms with Gasteiger partial charge in [-0.25, -0.2) is 4.39 Å². The average molecular weight is 433 g/mol. The zero-order chi connectivity index (χ0) is 22.5. The van der Waals surface area contributed by atoms with E-state index in [1.165, 1.54) is 16.8 Å². The smallest absolute Gasteiger partial charge is 0.259 e. The van der Waals surface area contributed by atoms with Gasteiger partial charge >= 0.3 is 0 Å². The molecular weight excluding hydrogens is 413 g/mol. The number of aryl methyl sites for hydroxylation is 1. The number of hydrogen-bond donors (Lipinski definition) is 1. The molecule has 1 heterocycles. The maximum atomic E-state index is 13.1. The number of ether oxygens (including phenoxy) is 2. The molecule has 0 aliphatic carbocycles. The Bertz CT molecular complexity index is 1240. The number of halogens is 1. The number of nitrogens with one attached hydrogen (secondary N) is 1. The van der Waals surface area contributed by atoms with Gasteiger partial charge in [0.15, 0.2) is 5.82 Å². The van der Waals surface area contributed by atoms with Gasteiger partial charge in [-0.3, -0.25) is 4.79 Å². The molecule has 1 amide bonds. The van der Waals surface area contributed by atoms with E-state index in [2.05, 4.69) is 20.8 Å². The van der Waals surface area contributed by atoms with Crippen molar-refractivity contribution in [2.75, 3.05) is 12.4 Å². The zero-order valence-corrected chi connectivity index (χ0v) is 17.4. The highest BCUT2D eigenvalue weighted by Gasteiger charge is 2.16. The number of benzene rings is 3. The summed E-state index contributed by atoms with van der Waals surface area (Å²) in [6, 6.07) is 18.1. The Morgan fingerprint density at radius 3 is 2.56 bits per heavy atom. The van der Waals surface area contributed by atoms with Crippen LogP contribution in [0, 0.1) is 12.7 Å². The summed E-state index contributed by atoms with van der Waals surface area (Å²) in [4.78, 5) is 13.0. The summed E-state index contributed by atoms with van der Waals surface area (Å²) in [6.45, 7) is 1.97. The summed E-state index contributed by atoms with van der Waals surface area (Å²) >= 11 is 0. The Labute approximate surface area is 183 Å². The SMILES string of the molecule is COc1ccc(NC(=O)c2ccccc2OCc2ccc(F)cc2)cc1-n1nnnc1C. The molecule has 0 aliphatic heterocycles. The van der Waals surface area contributed by atoms with E-state index in [0.29, 0.717) is 34.3 Å². The first-order chi connectivity index (χ1) is 15.5. The van der Waals surface area contributed by atoms with Crippen LogP contribution >= 0.6 is 0 Å². The molecule has 0 saturated carbocycles. The Morgan fingerprint density at radius 2 is 1.84 bits per heavy atom. The van der Waals surface area contributed by atoms with E-state index < -0.39 is 0 Å². The molecule has 4 rings (SSSR count). The van der Waals surface area contributed by atoms with Crippen molar-refractivity contribution in [3.63, 3.8) is 0 Å². The fourth-order valence-corrected chi connectivity index (χ4v) is 3.11. The molecule has 0 aliphatic rings. The molecule has 3 aromatic carbocycles. The van der Waals surface area contributed by atoms with Crippen LogP contribution in [0.3, 0.4) is 0 Å². The van der Waals surface area contributed by atoms with Gasteiger partial charge in [0.05, 0.1) is 12.7 Å². The summed E-state index contributed by atoms with van der Waals surface area (Å²) in [6.07, 6.45) is 0. The minimum atomic E-state index is -0.343. The van der Waals surface area contributed by atoms with Gasteiger partial charge < -0.3 is 14.8 Å². The second-order valence-corrected chi connectivity index (χ2v) is 6.89. The minimum Gasteiger partial charge on any atom is -0.494 e. The highest BCUT2D eigenvalue weighted by Crippen LogP contribution is 2.27. The van der Waals surface area contributed by atoms with Crippen LogP contribution in [0.4, 0.5) is 10.1 Å². The molecule has 0 atom stereocenters. The van der Waals surface area contributed by atoms with Crippen molar-refractivity contribution >= 4 is 11.6 Å². The van der Waals surface area contributed by atoms with E-state index >= 15 is 0 Å². The maximum Gasteiger partial charge on any atom is 0.259 e. The monoisotopic (exact) mass is 433 g/mol. The molecule has 9 heteroatoms. The third-order valence-electron chi connectivity index (χ3n) is 4.73. The van der Waals surface area contributed by atoms with E-state index in [4.69, 9.17) is 9.47 Å². The van der Waals surface area contributed by atoms with Gasteiger partial charge in [-0.1, -0.05) is 24.3 Å². The minimum absolute atomic E-state index is 0.204. The number of anilines is 1. The molecule has 0 radical (unpaired) electrons. The van der Waals surface area contributed by atoms with Crippen LogP contribution in [-0.2, 0) is 6.61 Å². The molecule has 0 saturated heterocycles. The number of carbonyl (C=O) groups is 1. The number of nitrogens with zero attached hydrogens (tertiary/aromatic N) is 4.